The quantitative estimate of drug-likeness (QED) is 0.595. The summed E-state index contributed by atoms with van der Waals surface area (Å²) < 4.78 is 0. The molecule has 5 heteroatoms. The fourth-order valence-corrected chi connectivity index (χ4v) is 1.85. The van der Waals surface area contributed by atoms with Gasteiger partial charge in [0.25, 0.3) is 0 Å². The van der Waals surface area contributed by atoms with Gasteiger partial charge in [0.15, 0.2) is 0 Å². The number of nitro groups is 1. The van der Waals surface area contributed by atoms with Gasteiger partial charge in [-0.1, -0.05) is 23.7 Å². The number of hydrogen-bond acceptors (Lipinski definition) is 4. The van der Waals surface area contributed by atoms with Crippen LogP contribution in [0.15, 0.2) is 29.4 Å². The lowest BCUT2D eigenvalue weighted by Gasteiger charge is -2.11. The maximum atomic E-state index is 10.7. The van der Waals surface area contributed by atoms with Gasteiger partial charge in [0, 0.05) is 6.07 Å². The van der Waals surface area contributed by atoms with Crippen molar-refractivity contribution in [2.24, 2.45) is 5.16 Å². The Bertz CT molecular complexity index is 435. The molecule has 0 heterocycles. The van der Waals surface area contributed by atoms with Gasteiger partial charge in [0.1, 0.15) is 0 Å². The summed E-state index contributed by atoms with van der Waals surface area (Å²) in [5.74, 6) is 0.204. The summed E-state index contributed by atoms with van der Waals surface area (Å²) in [4.78, 5) is 15.5. The topological polar surface area (TPSA) is 64.7 Å². The van der Waals surface area contributed by atoms with Crippen LogP contribution in [-0.2, 0) is 0 Å². The molecule has 0 unspecified atom stereocenters. The number of oxime groups is 1. The minimum Gasteiger partial charge on any atom is -0.350 e. The predicted molar refractivity (Wildman–Crippen MR) is 64.2 cm³/mol. The lowest BCUT2D eigenvalue weighted by atomic mass is 9.99. The predicted octanol–water partition coefficient (Wildman–Crippen LogP) is 3.29. The third-order valence-electron chi connectivity index (χ3n) is 2.77. The Morgan fingerprint density at radius 3 is 2.59 bits per heavy atom. The second kappa shape index (κ2) is 5.43. The molecule has 0 aliphatic heterocycles. The van der Waals surface area contributed by atoms with Gasteiger partial charge in [0.2, 0.25) is 5.75 Å². The van der Waals surface area contributed by atoms with Crippen molar-refractivity contribution in [2.45, 2.75) is 32.1 Å². The molecule has 0 N–H and O–H groups in total. The second-order valence-corrected chi connectivity index (χ2v) is 4.03. The number of nitrogens with zero attached hydrogens (tertiary/aromatic N) is 2. The highest BCUT2D eigenvalue weighted by atomic mass is 16.6. The molecule has 1 aliphatic carbocycles. The van der Waals surface area contributed by atoms with Gasteiger partial charge in [-0.15, -0.1) is 0 Å². The van der Waals surface area contributed by atoms with E-state index < -0.39 is 4.92 Å². The number of nitro benzene ring substituents is 1. The molecule has 1 fully saturated rings. The van der Waals surface area contributed by atoms with Crippen LogP contribution < -0.4 is 4.84 Å². The van der Waals surface area contributed by atoms with Crippen LogP contribution in [0.5, 0.6) is 5.75 Å². The van der Waals surface area contributed by atoms with Crippen molar-refractivity contribution >= 4 is 11.4 Å². The van der Waals surface area contributed by atoms with Gasteiger partial charge in [-0.3, -0.25) is 10.1 Å². The highest BCUT2D eigenvalue weighted by molar-refractivity contribution is 5.84. The molecular formula is C12H14N2O3. The molecule has 0 spiro atoms. The molecule has 17 heavy (non-hydrogen) atoms. The molecule has 0 aromatic heterocycles. The summed E-state index contributed by atoms with van der Waals surface area (Å²) in [5, 5.41) is 14.8. The lowest BCUT2D eigenvalue weighted by molar-refractivity contribution is -0.385. The highest BCUT2D eigenvalue weighted by Gasteiger charge is 2.14. The van der Waals surface area contributed by atoms with Crippen LogP contribution in [0.25, 0.3) is 0 Å². The summed E-state index contributed by atoms with van der Waals surface area (Å²) in [6, 6.07) is 6.28. The van der Waals surface area contributed by atoms with Gasteiger partial charge in [-0.2, -0.15) is 0 Å². The van der Waals surface area contributed by atoms with E-state index >= 15 is 0 Å². The van der Waals surface area contributed by atoms with Crippen molar-refractivity contribution in [3.63, 3.8) is 0 Å². The SMILES string of the molecule is O=[N+]([O-])c1ccccc1ON=C1CCCCC1. The minimum absolute atomic E-state index is 0.0485. The summed E-state index contributed by atoms with van der Waals surface area (Å²) in [5.41, 5.74) is 0.946. The van der Waals surface area contributed by atoms with Gasteiger partial charge < -0.3 is 4.84 Å². The summed E-state index contributed by atoms with van der Waals surface area (Å²) in [7, 11) is 0. The fourth-order valence-electron chi connectivity index (χ4n) is 1.85. The number of para-hydroxylation sites is 2. The third-order valence-corrected chi connectivity index (χ3v) is 2.77. The molecular weight excluding hydrogens is 220 g/mol. The van der Waals surface area contributed by atoms with Crippen molar-refractivity contribution in [3.05, 3.63) is 34.4 Å². The monoisotopic (exact) mass is 234 g/mol. The van der Waals surface area contributed by atoms with E-state index in [4.69, 9.17) is 4.84 Å². The van der Waals surface area contributed by atoms with Crippen LogP contribution in [0.4, 0.5) is 5.69 Å². The minimum atomic E-state index is -0.462. The molecule has 1 aromatic rings. The number of benzene rings is 1. The smallest absolute Gasteiger partial charge is 0.314 e. The van der Waals surface area contributed by atoms with Gasteiger partial charge >= 0.3 is 5.69 Å². The first kappa shape index (κ1) is 11.6. The molecule has 0 saturated heterocycles. The average molecular weight is 234 g/mol. The standard InChI is InChI=1S/C12H14N2O3/c15-14(16)11-8-4-5-9-12(11)17-13-10-6-2-1-3-7-10/h4-5,8-9H,1-3,6-7H2. The van der Waals surface area contributed by atoms with E-state index in [0.29, 0.717) is 0 Å². The normalized spacial score (nSPS) is 15.4. The molecule has 1 saturated carbocycles. The molecule has 90 valence electrons. The van der Waals surface area contributed by atoms with E-state index in [-0.39, 0.29) is 11.4 Å². The molecule has 0 atom stereocenters. The zero-order chi connectivity index (χ0) is 12.1. The van der Waals surface area contributed by atoms with E-state index in [2.05, 4.69) is 5.16 Å². The molecule has 0 radical (unpaired) electrons. The number of hydrogen-bond donors (Lipinski definition) is 0. The van der Waals surface area contributed by atoms with Crippen LogP contribution in [0.1, 0.15) is 32.1 Å². The second-order valence-electron chi connectivity index (χ2n) is 4.03. The molecule has 0 amide bonds. The van der Waals surface area contributed by atoms with Crippen LogP contribution in [0.3, 0.4) is 0 Å². The fraction of sp³-hybridized carbons (Fsp3) is 0.417. The zero-order valence-corrected chi connectivity index (χ0v) is 9.46. The van der Waals surface area contributed by atoms with E-state index in [0.717, 1.165) is 31.4 Å². The van der Waals surface area contributed by atoms with Crippen molar-refractivity contribution in [3.8, 4) is 5.75 Å². The van der Waals surface area contributed by atoms with Gasteiger partial charge in [-0.25, -0.2) is 0 Å². The lowest BCUT2D eigenvalue weighted by Crippen LogP contribution is -2.06. The van der Waals surface area contributed by atoms with Crippen LogP contribution in [0, 0.1) is 10.1 Å². The average Bonchev–Trinajstić information content (AvgIpc) is 2.38. The Hall–Kier alpha value is -1.91. The van der Waals surface area contributed by atoms with Crippen molar-refractivity contribution in [1.82, 2.24) is 0 Å². The molecule has 0 bridgehead atoms. The Kier molecular flexibility index (Phi) is 3.69. The molecule has 1 aromatic carbocycles. The summed E-state index contributed by atoms with van der Waals surface area (Å²) >= 11 is 0. The summed E-state index contributed by atoms with van der Waals surface area (Å²) in [6.45, 7) is 0. The molecule has 2 rings (SSSR count). The van der Waals surface area contributed by atoms with E-state index in [1.165, 1.54) is 12.5 Å². The molecule has 1 aliphatic rings. The van der Waals surface area contributed by atoms with E-state index in [9.17, 15) is 10.1 Å². The molecule has 5 nitrogen and oxygen atoms in total. The first-order valence-electron chi connectivity index (χ1n) is 5.73. The maximum Gasteiger partial charge on any atom is 0.314 e. The zero-order valence-electron chi connectivity index (χ0n) is 9.46. The van der Waals surface area contributed by atoms with Gasteiger partial charge in [0.05, 0.1) is 10.6 Å². The Labute approximate surface area is 99.2 Å². The number of rotatable bonds is 3. The van der Waals surface area contributed by atoms with Crippen LogP contribution in [0.2, 0.25) is 0 Å². The van der Waals surface area contributed by atoms with Crippen molar-refractivity contribution in [1.29, 1.82) is 0 Å². The van der Waals surface area contributed by atoms with E-state index in [1.807, 2.05) is 0 Å². The van der Waals surface area contributed by atoms with E-state index in [1.54, 1.807) is 18.2 Å². The Balaban J connectivity index is 2.10. The van der Waals surface area contributed by atoms with Crippen molar-refractivity contribution in [2.75, 3.05) is 0 Å². The third kappa shape index (κ3) is 3.03. The summed E-state index contributed by atoms with van der Waals surface area (Å²) in [6.07, 6.45) is 5.34. The van der Waals surface area contributed by atoms with Crippen LogP contribution >= 0.6 is 0 Å². The van der Waals surface area contributed by atoms with Crippen molar-refractivity contribution < 1.29 is 9.76 Å². The van der Waals surface area contributed by atoms with Gasteiger partial charge in [-0.05, 0) is 31.7 Å². The van der Waals surface area contributed by atoms with Crippen LogP contribution in [-0.4, -0.2) is 10.6 Å². The first-order chi connectivity index (χ1) is 8.27. The first-order valence-corrected chi connectivity index (χ1v) is 5.73. The Morgan fingerprint density at radius 1 is 1.18 bits per heavy atom. The maximum absolute atomic E-state index is 10.7. The largest absolute Gasteiger partial charge is 0.350 e. The Morgan fingerprint density at radius 2 is 1.88 bits per heavy atom. The highest BCUT2D eigenvalue weighted by Crippen LogP contribution is 2.26.